The molecule has 1 saturated heterocycles. The van der Waals surface area contributed by atoms with Crippen molar-refractivity contribution in [2.24, 2.45) is 11.8 Å². The summed E-state index contributed by atoms with van der Waals surface area (Å²) >= 11 is 0. The van der Waals surface area contributed by atoms with E-state index in [4.69, 9.17) is 4.74 Å². The minimum absolute atomic E-state index is 0.125. The Morgan fingerprint density at radius 1 is 1.06 bits per heavy atom. The smallest absolute Gasteiger partial charge is 0.253 e. The van der Waals surface area contributed by atoms with E-state index in [0.717, 1.165) is 53.6 Å². The van der Waals surface area contributed by atoms with Gasteiger partial charge in [0.15, 0.2) is 0 Å². The topological polar surface area (TPSA) is 66.5 Å². The third kappa shape index (κ3) is 4.45. The van der Waals surface area contributed by atoms with E-state index in [0.29, 0.717) is 24.3 Å². The Bertz CT molecular complexity index is 1150. The summed E-state index contributed by atoms with van der Waals surface area (Å²) in [7, 11) is 1.69. The van der Waals surface area contributed by atoms with Gasteiger partial charge in [-0.1, -0.05) is 24.3 Å². The molecule has 2 aliphatic rings. The lowest BCUT2D eigenvalue weighted by molar-refractivity contribution is 0.0773. The van der Waals surface area contributed by atoms with E-state index < -0.39 is 0 Å². The Morgan fingerprint density at radius 3 is 2.47 bits per heavy atom. The highest BCUT2D eigenvalue weighted by Crippen LogP contribution is 2.58. The summed E-state index contributed by atoms with van der Waals surface area (Å²) in [5, 5.41) is 6.69. The number of benzene rings is 2. The van der Waals surface area contributed by atoms with Crippen molar-refractivity contribution in [3.63, 3.8) is 0 Å². The maximum Gasteiger partial charge on any atom is 0.253 e. The summed E-state index contributed by atoms with van der Waals surface area (Å²) in [6.45, 7) is 7.30. The highest BCUT2D eigenvalue weighted by molar-refractivity contribution is 5.95. The Labute approximate surface area is 201 Å². The number of hydrogen-bond donors (Lipinski definition) is 2. The van der Waals surface area contributed by atoms with E-state index in [1.54, 1.807) is 7.11 Å². The average molecular weight is 457 g/mol. The molecule has 1 saturated carbocycles. The minimum atomic E-state index is 0.125. The van der Waals surface area contributed by atoms with Gasteiger partial charge < -0.3 is 20.3 Å². The maximum absolute atomic E-state index is 13.2. The number of hydrogen-bond acceptors (Lipinski definition) is 5. The molecule has 1 amide bonds. The molecule has 2 aromatic carbocycles. The normalized spacial score (nSPS) is 20.6. The summed E-state index contributed by atoms with van der Waals surface area (Å²) in [6, 6.07) is 18.4. The van der Waals surface area contributed by atoms with Crippen molar-refractivity contribution in [2.45, 2.75) is 26.3 Å². The van der Waals surface area contributed by atoms with Crippen LogP contribution in [0.15, 0.2) is 60.8 Å². The molecule has 2 heterocycles. The van der Waals surface area contributed by atoms with Crippen LogP contribution >= 0.6 is 0 Å². The zero-order valence-electron chi connectivity index (χ0n) is 20.0. The van der Waals surface area contributed by atoms with Crippen molar-refractivity contribution in [3.05, 3.63) is 83.0 Å². The number of aryl methyl sites for hydroxylation is 1. The first-order valence-electron chi connectivity index (χ1n) is 12.0. The van der Waals surface area contributed by atoms with Gasteiger partial charge in [0.2, 0.25) is 0 Å². The third-order valence-electron chi connectivity index (χ3n) is 7.13. The van der Waals surface area contributed by atoms with Crippen molar-refractivity contribution in [2.75, 3.05) is 37.4 Å². The average Bonchev–Trinajstić information content (AvgIpc) is 3.36. The molecule has 2 N–H and O–H groups in total. The van der Waals surface area contributed by atoms with Gasteiger partial charge in [-0.05, 0) is 78.6 Å². The molecule has 0 radical (unpaired) electrons. The van der Waals surface area contributed by atoms with Gasteiger partial charge in [0.25, 0.3) is 5.91 Å². The van der Waals surface area contributed by atoms with Crippen LogP contribution in [0.1, 0.15) is 39.9 Å². The van der Waals surface area contributed by atoms with Crippen LogP contribution in [0.4, 0.5) is 11.5 Å². The second kappa shape index (κ2) is 9.37. The molecular weight excluding hydrogens is 424 g/mol. The van der Waals surface area contributed by atoms with Gasteiger partial charge in [-0.3, -0.25) is 4.79 Å². The molecule has 2 fully saturated rings. The summed E-state index contributed by atoms with van der Waals surface area (Å²) in [5.74, 6) is 3.60. The van der Waals surface area contributed by atoms with Gasteiger partial charge in [0.1, 0.15) is 11.6 Å². The summed E-state index contributed by atoms with van der Waals surface area (Å²) in [5.41, 5.74) is 5.32. The predicted octanol–water partition coefficient (Wildman–Crippen LogP) is 4.93. The fourth-order valence-electron chi connectivity index (χ4n) is 5.15. The van der Waals surface area contributed by atoms with Gasteiger partial charge in [0, 0.05) is 43.6 Å². The van der Waals surface area contributed by atoms with Gasteiger partial charge in [0.05, 0.1) is 7.11 Å². The zero-order chi connectivity index (χ0) is 23.7. The lowest BCUT2D eigenvalue weighted by Gasteiger charge is -2.21. The largest absolute Gasteiger partial charge is 0.497 e. The van der Waals surface area contributed by atoms with E-state index in [-0.39, 0.29) is 5.91 Å². The van der Waals surface area contributed by atoms with Crippen molar-refractivity contribution in [1.82, 2.24) is 9.88 Å². The molecule has 3 atom stereocenters. The molecule has 1 aliphatic heterocycles. The molecule has 6 heteroatoms. The maximum atomic E-state index is 13.2. The summed E-state index contributed by atoms with van der Waals surface area (Å²) in [4.78, 5) is 19.7. The van der Waals surface area contributed by atoms with Crippen LogP contribution in [0.2, 0.25) is 0 Å². The first-order valence-corrected chi connectivity index (χ1v) is 12.0. The Kier molecular flexibility index (Phi) is 6.14. The van der Waals surface area contributed by atoms with E-state index in [2.05, 4.69) is 47.7 Å². The van der Waals surface area contributed by atoms with E-state index >= 15 is 0 Å². The lowest BCUT2D eigenvalue weighted by Crippen LogP contribution is -2.31. The fraction of sp³-hybridized carbons (Fsp3) is 0.357. The molecule has 5 rings (SSSR count). The molecule has 176 valence electrons. The van der Waals surface area contributed by atoms with Gasteiger partial charge in [-0.25, -0.2) is 4.98 Å². The van der Waals surface area contributed by atoms with Crippen molar-refractivity contribution >= 4 is 17.4 Å². The summed E-state index contributed by atoms with van der Waals surface area (Å²) < 4.78 is 5.27. The predicted molar refractivity (Wildman–Crippen MR) is 136 cm³/mol. The first kappa shape index (κ1) is 22.3. The van der Waals surface area contributed by atoms with Gasteiger partial charge >= 0.3 is 0 Å². The quantitative estimate of drug-likeness (QED) is 0.503. The molecule has 2 unspecified atom stereocenters. The molecule has 6 nitrogen and oxygen atoms in total. The first-order chi connectivity index (χ1) is 16.6. The van der Waals surface area contributed by atoms with Crippen LogP contribution in [-0.2, 0) is 6.54 Å². The van der Waals surface area contributed by atoms with E-state index in [1.165, 1.54) is 5.56 Å². The molecule has 1 aromatic heterocycles. The van der Waals surface area contributed by atoms with Crippen molar-refractivity contribution in [1.29, 1.82) is 0 Å². The SMILES string of the molecule is CCNc1ccc(CNc2cc(C(=O)N3CC4C(c5ccc(OC)cc5)[C@H]4C3)ccc2C)cn1. The van der Waals surface area contributed by atoms with Crippen LogP contribution in [-0.4, -0.2) is 42.5 Å². The molecule has 0 bridgehead atoms. The number of carbonyl (C=O) groups is 1. The van der Waals surface area contributed by atoms with Crippen LogP contribution in [0.25, 0.3) is 0 Å². The number of anilines is 2. The Hall–Kier alpha value is -3.54. The minimum Gasteiger partial charge on any atom is -0.497 e. The number of amides is 1. The van der Waals surface area contributed by atoms with Crippen LogP contribution in [0.3, 0.4) is 0 Å². The second-order valence-electron chi connectivity index (χ2n) is 9.30. The van der Waals surface area contributed by atoms with Crippen LogP contribution in [0, 0.1) is 18.8 Å². The standard InChI is InChI=1S/C28H32N4O2/c1-4-29-26-12-6-19(15-31-26)14-30-25-13-21(7-5-18(25)2)28(33)32-16-23-24(17-32)27(23)20-8-10-22(34-3)11-9-20/h5-13,15,23-24,27,30H,4,14,16-17H2,1-3H3,(H,29,31)/t23-,24?,27?/m0/s1. The van der Waals surface area contributed by atoms with E-state index in [9.17, 15) is 4.79 Å². The number of nitrogens with one attached hydrogen (secondary N) is 2. The Morgan fingerprint density at radius 2 is 1.82 bits per heavy atom. The monoisotopic (exact) mass is 456 g/mol. The molecule has 1 aliphatic carbocycles. The number of pyridine rings is 1. The number of nitrogens with zero attached hydrogens (tertiary/aromatic N) is 2. The lowest BCUT2D eigenvalue weighted by atomic mass is 10.1. The summed E-state index contributed by atoms with van der Waals surface area (Å²) in [6.07, 6.45) is 1.88. The van der Waals surface area contributed by atoms with E-state index in [1.807, 2.05) is 47.5 Å². The number of likely N-dealkylation sites (tertiary alicyclic amines) is 1. The number of methoxy groups -OCH3 is 1. The highest BCUT2D eigenvalue weighted by Gasteiger charge is 2.57. The van der Waals surface area contributed by atoms with Crippen LogP contribution < -0.4 is 15.4 Å². The van der Waals surface area contributed by atoms with Gasteiger partial charge in [-0.2, -0.15) is 0 Å². The number of fused-ring (bicyclic) bond motifs is 1. The number of carbonyl (C=O) groups excluding carboxylic acids is 1. The molecular formula is C28H32N4O2. The number of aromatic nitrogens is 1. The number of ether oxygens (including phenoxy) is 1. The third-order valence-corrected chi connectivity index (χ3v) is 7.13. The molecule has 34 heavy (non-hydrogen) atoms. The van der Waals surface area contributed by atoms with Crippen molar-refractivity contribution in [3.8, 4) is 5.75 Å². The number of rotatable bonds is 8. The number of piperidine rings is 1. The van der Waals surface area contributed by atoms with Gasteiger partial charge in [-0.15, -0.1) is 0 Å². The fourth-order valence-corrected chi connectivity index (χ4v) is 5.15. The van der Waals surface area contributed by atoms with Crippen molar-refractivity contribution < 1.29 is 9.53 Å². The highest BCUT2D eigenvalue weighted by atomic mass is 16.5. The van der Waals surface area contributed by atoms with Crippen LogP contribution in [0.5, 0.6) is 5.75 Å². The second-order valence-corrected chi connectivity index (χ2v) is 9.30. The Balaban J connectivity index is 1.19. The molecule has 0 spiro atoms. The zero-order valence-corrected chi connectivity index (χ0v) is 20.0. The molecule has 3 aromatic rings.